The van der Waals surface area contributed by atoms with Crippen LogP contribution < -0.4 is 0 Å². The highest BCUT2D eigenvalue weighted by Gasteiger charge is 1.98. The van der Waals surface area contributed by atoms with Gasteiger partial charge in [-0.1, -0.05) is 32.1 Å². The summed E-state index contributed by atoms with van der Waals surface area (Å²) in [5.74, 6) is 1.35. The summed E-state index contributed by atoms with van der Waals surface area (Å²) < 4.78 is 0. The highest BCUT2D eigenvalue weighted by atomic mass is 14.0. The van der Waals surface area contributed by atoms with Crippen molar-refractivity contribution in [2.75, 3.05) is 0 Å². The number of hydrogen-bond acceptors (Lipinski definition) is 0. The average molecular weight is 137 g/mol. The van der Waals surface area contributed by atoms with E-state index in [0.29, 0.717) is 0 Å². The van der Waals surface area contributed by atoms with E-state index in [-0.39, 0.29) is 0 Å². The Morgan fingerprint density at radius 3 is 2.40 bits per heavy atom. The van der Waals surface area contributed by atoms with Crippen molar-refractivity contribution in [3.63, 3.8) is 0 Å². The fraction of sp³-hybridized carbons (Fsp3) is 0.500. The van der Waals surface area contributed by atoms with Crippen molar-refractivity contribution >= 4 is 0 Å². The van der Waals surface area contributed by atoms with Gasteiger partial charge in [-0.25, -0.2) is 0 Å². The Hall–Kier alpha value is -0.520. The molecule has 0 aromatic rings. The first kappa shape index (κ1) is 9.48. The van der Waals surface area contributed by atoms with E-state index in [4.69, 9.17) is 0 Å². The van der Waals surface area contributed by atoms with Gasteiger partial charge in [-0.2, -0.15) is 0 Å². The van der Waals surface area contributed by atoms with Crippen LogP contribution in [-0.2, 0) is 0 Å². The zero-order chi connectivity index (χ0) is 7.98. The molecule has 10 heavy (non-hydrogen) atoms. The van der Waals surface area contributed by atoms with Crippen LogP contribution in [0.25, 0.3) is 0 Å². The van der Waals surface area contributed by atoms with Gasteiger partial charge in [0.2, 0.25) is 0 Å². The van der Waals surface area contributed by atoms with Crippen LogP contribution in [0.4, 0.5) is 0 Å². The van der Waals surface area contributed by atoms with E-state index in [0.717, 1.165) is 12.8 Å². The van der Waals surface area contributed by atoms with E-state index in [1.807, 2.05) is 6.08 Å². The lowest BCUT2D eigenvalue weighted by atomic mass is 10.00. The molecule has 0 saturated heterocycles. The zero-order valence-electron chi connectivity index (χ0n) is 7.11. The molecule has 0 bridgehead atoms. The van der Waals surface area contributed by atoms with Gasteiger partial charge < -0.3 is 0 Å². The smallest absolute Gasteiger partial charge is 0.00592 e. The van der Waals surface area contributed by atoms with Crippen LogP contribution >= 0.6 is 0 Å². The molecule has 0 aliphatic carbocycles. The molecule has 0 amide bonds. The fourth-order valence-corrected chi connectivity index (χ4v) is 0.710. The first-order chi connectivity index (χ1) is 4.68. The maximum absolute atomic E-state index is 3.95. The number of rotatable bonds is 5. The molecule has 0 aliphatic heterocycles. The molecule has 0 aromatic heterocycles. The third-order valence-electron chi connectivity index (χ3n) is 1.59. The second-order valence-corrected chi connectivity index (χ2v) is 2.78. The molecule has 0 aliphatic rings. The predicted molar refractivity (Wildman–Crippen MR) is 47.8 cm³/mol. The molecule has 0 atom stereocenters. The molecule has 0 unspecified atom stereocenters. The van der Waals surface area contributed by atoms with Crippen LogP contribution in [0.15, 0.2) is 24.8 Å². The third-order valence-corrected chi connectivity index (χ3v) is 1.59. The molecule has 0 fully saturated rings. The molecule has 0 saturated carbocycles. The Morgan fingerprint density at radius 2 is 2.00 bits per heavy atom. The first-order valence-electron chi connectivity index (χ1n) is 3.77. The summed E-state index contributed by atoms with van der Waals surface area (Å²) in [6.45, 7) is 11.8. The largest absolute Gasteiger partial charge is 0.103 e. The van der Waals surface area contributed by atoms with E-state index in [9.17, 15) is 0 Å². The van der Waals surface area contributed by atoms with Crippen LogP contribution in [0.5, 0.6) is 0 Å². The number of hydrogen-bond donors (Lipinski definition) is 0. The Kier molecular flexibility index (Phi) is 5.00. The summed E-state index contributed by atoms with van der Waals surface area (Å²) in [6.07, 6.45) is 5.37. The van der Waals surface area contributed by atoms with Crippen LogP contribution in [0.1, 0.15) is 33.1 Å². The Labute approximate surface area is 64.6 Å². The van der Waals surface area contributed by atoms with Crippen molar-refractivity contribution in [3.05, 3.63) is 30.7 Å². The van der Waals surface area contributed by atoms with Crippen LogP contribution in [0, 0.1) is 5.92 Å². The van der Waals surface area contributed by atoms with Gasteiger partial charge >= 0.3 is 0 Å². The van der Waals surface area contributed by atoms with E-state index < -0.39 is 0 Å². The van der Waals surface area contributed by atoms with Crippen molar-refractivity contribution in [1.82, 2.24) is 0 Å². The van der Waals surface area contributed by atoms with Crippen molar-refractivity contribution in [2.45, 2.75) is 33.1 Å². The second-order valence-electron chi connectivity index (χ2n) is 2.78. The van der Waals surface area contributed by atoms with Crippen molar-refractivity contribution in [3.8, 4) is 0 Å². The van der Waals surface area contributed by atoms with E-state index in [2.05, 4.69) is 27.0 Å². The molecule has 0 rings (SSSR count). The SMILES string of the molecule is C=CCCCC(=C)[C](C)C. The average Bonchev–Trinajstić information content (AvgIpc) is 1.88. The Balaban J connectivity index is 3.30. The maximum atomic E-state index is 3.95. The topological polar surface area (TPSA) is 0 Å². The van der Waals surface area contributed by atoms with Crippen LogP contribution in [0.2, 0.25) is 0 Å². The van der Waals surface area contributed by atoms with E-state index in [1.54, 1.807) is 0 Å². The molecule has 0 aromatic carbocycles. The van der Waals surface area contributed by atoms with Gasteiger partial charge in [0, 0.05) is 0 Å². The Bertz CT molecular complexity index is 109. The fourth-order valence-electron chi connectivity index (χ4n) is 0.710. The van der Waals surface area contributed by atoms with Gasteiger partial charge in [-0.05, 0) is 25.2 Å². The van der Waals surface area contributed by atoms with Gasteiger partial charge in [0.1, 0.15) is 0 Å². The monoisotopic (exact) mass is 137 g/mol. The molecule has 0 spiro atoms. The van der Waals surface area contributed by atoms with Gasteiger partial charge in [0.15, 0.2) is 0 Å². The molecular formula is C10H17. The molecule has 0 nitrogen and oxygen atoms in total. The van der Waals surface area contributed by atoms with E-state index in [1.165, 1.54) is 17.9 Å². The van der Waals surface area contributed by atoms with Crippen molar-refractivity contribution < 1.29 is 0 Å². The lowest BCUT2D eigenvalue weighted by molar-refractivity contribution is 0.818. The minimum atomic E-state index is 1.10. The summed E-state index contributed by atoms with van der Waals surface area (Å²) in [4.78, 5) is 0. The number of unbranched alkanes of at least 4 members (excludes halogenated alkanes) is 1. The van der Waals surface area contributed by atoms with Crippen molar-refractivity contribution in [1.29, 1.82) is 0 Å². The van der Waals surface area contributed by atoms with Crippen LogP contribution in [-0.4, -0.2) is 0 Å². The molecule has 57 valence electrons. The van der Waals surface area contributed by atoms with Gasteiger partial charge in [0.25, 0.3) is 0 Å². The van der Waals surface area contributed by atoms with Crippen molar-refractivity contribution in [2.24, 2.45) is 0 Å². The minimum Gasteiger partial charge on any atom is -0.103 e. The lowest BCUT2D eigenvalue weighted by Gasteiger charge is -2.06. The highest BCUT2D eigenvalue weighted by Crippen LogP contribution is 2.15. The summed E-state index contributed by atoms with van der Waals surface area (Å²) in [5.41, 5.74) is 1.28. The summed E-state index contributed by atoms with van der Waals surface area (Å²) in [7, 11) is 0. The maximum Gasteiger partial charge on any atom is -0.00592 e. The van der Waals surface area contributed by atoms with Crippen LogP contribution in [0.3, 0.4) is 0 Å². The summed E-state index contributed by atoms with van der Waals surface area (Å²) >= 11 is 0. The quantitative estimate of drug-likeness (QED) is 0.402. The third kappa shape index (κ3) is 4.37. The summed E-state index contributed by atoms with van der Waals surface area (Å²) in [6, 6.07) is 0. The van der Waals surface area contributed by atoms with Gasteiger partial charge in [-0.15, -0.1) is 6.58 Å². The lowest BCUT2D eigenvalue weighted by Crippen LogP contribution is -1.88. The molecular weight excluding hydrogens is 120 g/mol. The standard InChI is InChI=1S/C10H17/c1-5-6-7-8-10(4)9(2)3/h5H,1,4,6-8H2,2-3H3. The predicted octanol–water partition coefficient (Wildman–Crippen LogP) is 3.51. The Morgan fingerprint density at radius 1 is 1.40 bits per heavy atom. The molecule has 0 heteroatoms. The van der Waals surface area contributed by atoms with E-state index >= 15 is 0 Å². The molecule has 1 radical (unpaired) electrons. The zero-order valence-corrected chi connectivity index (χ0v) is 7.11. The first-order valence-corrected chi connectivity index (χ1v) is 3.77. The normalized spacial score (nSPS) is 9.90. The highest BCUT2D eigenvalue weighted by molar-refractivity contribution is 5.15. The molecule has 0 N–H and O–H groups in total. The van der Waals surface area contributed by atoms with Gasteiger partial charge in [0.05, 0.1) is 0 Å². The second kappa shape index (κ2) is 5.28. The summed E-state index contributed by atoms with van der Waals surface area (Å²) in [5, 5.41) is 0. The number of allylic oxidation sites excluding steroid dienone is 2. The van der Waals surface area contributed by atoms with Gasteiger partial charge in [-0.3, -0.25) is 0 Å². The molecule has 0 heterocycles. The minimum absolute atomic E-state index is 1.10.